The van der Waals surface area contributed by atoms with Gasteiger partial charge in [0.15, 0.2) is 11.6 Å². The lowest BCUT2D eigenvalue weighted by Crippen LogP contribution is -2.29. The van der Waals surface area contributed by atoms with E-state index in [2.05, 4.69) is 26.3 Å². The van der Waals surface area contributed by atoms with E-state index in [1.165, 1.54) is 0 Å². The molecule has 0 aliphatic carbocycles. The van der Waals surface area contributed by atoms with Gasteiger partial charge in [0, 0.05) is 69.0 Å². The van der Waals surface area contributed by atoms with Crippen molar-refractivity contribution >= 4 is 33.7 Å². The van der Waals surface area contributed by atoms with Gasteiger partial charge in [-0.1, -0.05) is 42.5 Å². The van der Waals surface area contributed by atoms with E-state index in [1.54, 1.807) is 6.92 Å². The number of ketones is 2. The van der Waals surface area contributed by atoms with Crippen LogP contribution in [0, 0.1) is 0 Å². The Morgan fingerprint density at radius 1 is 0.767 bits per heavy atom. The van der Waals surface area contributed by atoms with Crippen molar-refractivity contribution in [3.05, 3.63) is 132 Å². The van der Waals surface area contributed by atoms with Crippen LogP contribution in [0.1, 0.15) is 34.2 Å². The molecule has 2 heterocycles. The largest absolute Gasteiger partial charge is 0.384 e. The molecule has 0 bridgehead atoms. The van der Waals surface area contributed by atoms with Crippen LogP contribution >= 0.6 is 0 Å². The van der Waals surface area contributed by atoms with Crippen molar-refractivity contribution in [3.8, 4) is 0 Å². The molecule has 0 unspecified atom stereocenters. The summed E-state index contributed by atoms with van der Waals surface area (Å²) in [6.45, 7) is 4.98. The van der Waals surface area contributed by atoms with Crippen LogP contribution in [0.2, 0.25) is 0 Å². The summed E-state index contributed by atoms with van der Waals surface area (Å²) in [4.78, 5) is 37.9. The molecule has 0 saturated carbocycles. The molecule has 43 heavy (non-hydrogen) atoms. The first-order chi connectivity index (χ1) is 20.9. The number of anilines is 2. The number of nitrogens with one attached hydrogen (secondary N) is 1. The number of nitrogens with zero attached hydrogens (tertiary/aromatic N) is 4. The molecule has 0 aliphatic heterocycles. The van der Waals surface area contributed by atoms with Crippen molar-refractivity contribution in [1.29, 1.82) is 0 Å². The maximum absolute atomic E-state index is 12.9. The number of carbonyl (C=O) groups excluding carboxylic acids is 2. The summed E-state index contributed by atoms with van der Waals surface area (Å²) in [7, 11) is 1.93. The second-order valence-corrected chi connectivity index (χ2v) is 10.9. The summed E-state index contributed by atoms with van der Waals surface area (Å²) >= 11 is 0. The summed E-state index contributed by atoms with van der Waals surface area (Å²) in [5.74, 6) is 0.201. The van der Waals surface area contributed by atoms with Gasteiger partial charge in [0.2, 0.25) is 0 Å². The van der Waals surface area contributed by atoms with Crippen molar-refractivity contribution in [2.24, 2.45) is 0 Å². The molecular weight excluding hydrogens is 534 g/mol. The molecule has 3 aromatic carbocycles. The molecule has 0 fully saturated rings. The molecule has 0 atom stereocenters. The smallest absolute Gasteiger partial charge is 0.159 e. The second-order valence-electron chi connectivity index (χ2n) is 10.9. The van der Waals surface area contributed by atoms with Gasteiger partial charge in [0.25, 0.3) is 0 Å². The number of hydrogen-bond acceptors (Lipinski definition) is 7. The van der Waals surface area contributed by atoms with Crippen molar-refractivity contribution in [2.75, 3.05) is 36.9 Å². The van der Waals surface area contributed by atoms with E-state index >= 15 is 0 Å². The second kappa shape index (κ2) is 14.3. The minimum Gasteiger partial charge on any atom is -0.384 e. The Hall–Kier alpha value is -4.88. The van der Waals surface area contributed by atoms with E-state index in [0.29, 0.717) is 18.5 Å². The SMILES string of the molecule is CC(=O)c1ccc2cc(N(C)CC(=O)Cc3ccc(NCCN(Cc4ccccn4)Cc4ccccn4)cc3)ccc2c1. The molecular formula is C36H37N5O2. The first-order valence-corrected chi connectivity index (χ1v) is 14.6. The number of rotatable bonds is 14. The summed E-state index contributed by atoms with van der Waals surface area (Å²) in [6, 6.07) is 31.8. The monoisotopic (exact) mass is 571 g/mol. The zero-order valence-corrected chi connectivity index (χ0v) is 24.7. The number of hydrogen-bond donors (Lipinski definition) is 1. The van der Waals surface area contributed by atoms with Crippen LogP contribution in [-0.2, 0) is 24.3 Å². The van der Waals surface area contributed by atoms with Crippen molar-refractivity contribution in [3.63, 3.8) is 0 Å². The van der Waals surface area contributed by atoms with Crippen molar-refractivity contribution in [2.45, 2.75) is 26.4 Å². The molecule has 0 saturated heterocycles. The third-order valence-corrected chi connectivity index (χ3v) is 7.42. The molecule has 0 aliphatic rings. The van der Waals surface area contributed by atoms with Gasteiger partial charge in [-0.05, 0) is 77.9 Å². The van der Waals surface area contributed by atoms with E-state index < -0.39 is 0 Å². The lowest BCUT2D eigenvalue weighted by Gasteiger charge is -2.22. The number of benzene rings is 3. The zero-order chi connectivity index (χ0) is 30.0. The molecule has 0 radical (unpaired) electrons. The minimum atomic E-state index is 0.0531. The van der Waals surface area contributed by atoms with E-state index in [-0.39, 0.29) is 11.6 Å². The summed E-state index contributed by atoms with van der Waals surface area (Å²) in [6.07, 6.45) is 4.03. The third-order valence-electron chi connectivity index (χ3n) is 7.42. The van der Waals surface area contributed by atoms with Crippen molar-refractivity contribution in [1.82, 2.24) is 14.9 Å². The lowest BCUT2D eigenvalue weighted by atomic mass is 10.0. The number of fused-ring (bicyclic) bond motifs is 1. The Morgan fingerprint density at radius 2 is 1.42 bits per heavy atom. The molecule has 0 amide bonds. The summed E-state index contributed by atoms with van der Waals surface area (Å²) in [5, 5.41) is 5.57. The number of carbonyl (C=O) groups is 2. The van der Waals surface area contributed by atoms with Crippen LogP contribution in [-0.4, -0.2) is 53.1 Å². The molecule has 2 aromatic heterocycles. The van der Waals surface area contributed by atoms with Gasteiger partial charge >= 0.3 is 0 Å². The first kappa shape index (κ1) is 29.6. The Kier molecular flexibility index (Phi) is 9.87. The van der Waals surface area contributed by atoms with E-state index in [9.17, 15) is 9.59 Å². The Balaban J connectivity index is 1.11. The average Bonchev–Trinajstić information content (AvgIpc) is 3.02. The van der Waals surface area contributed by atoms with Gasteiger partial charge in [-0.25, -0.2) is 0 Å². The molecule has 0 spiro atoms. The molecule has 218 valence electrons. The van der Waals surface area contributed by atoms with Crippen LogP contribution in [0.5, 0.6) is 0 Å². The van der Waals surface area contributed by atoms with Crippen LogP contribution in [0.4, 0.5) is 11.4 Å². The Morgan fingerprint density at radius 3 is 2.05 bits per heavy atom. The molecule has 7 heteroatoms. The normalized spacial score (nSPS) is 11.0. The highest BCUT2D eigenvalue weighted by atomic mass is 16.1. The molecule has 5 rings (SSSR count). The molecule has 1 N–H and O–H groups in total. The average molecular weight is 572 g/mol. The molecule has 5 aromatic rings. The predicted molar refractivity (Wildman–Crippen MR) is 173 cm³/mol. The van der Waals surface area contributed by atoms with E-state index in [4.69, 9.17) is 0 Å². The fraction of sp³-hybridized carbons (Fsp3) is 0.222. The van der Waals surface area contributed by atoms with Crippen LogP contribution < -0.4 is 10.2 Å². The van der Waals surface area contributed by atoms with Gasteiger partial charge in [0.1, 0.15) is 0 Å². The van der Waals surface area contributed by atoms with Gasteiger partial charge in [0.05, 0.1) is 17.9 Å². The highest BCUT2D eigenvalue weighted by molar-refractivity contribution is 5.99. The highest BCUT2D eigenvalue weighted by Crippen LogP contribution is 2.23. The molecule has 7 nitrogen and oxygen atoms in total. The topological polar surface area (TPSA) is 78.4 Å². The fourth-order valence-corrected chi connectivity index (χ4v) is 5.08. The highest BCUT2D eigenvalue weighted by Gasteiger charge is 2.11. The maximum Gasteiger partial charge on any atom is 0.159 e. The fourth-order valence-electron chi connectivity index (χ4n) is 5.08. The number of pyridine rings is 2. The Bertz CT molecular complexity index is 1620. The van der Waals surface area contributed by atoms with Gasteiger partial charge in [-0.3, -0.25) is 24.5 Å². The van der Waals surface area contributed by atoms with Gasteiger partial charge in [-0.15, -0.1) is 0 Å². The van der Waals surface area contributed by atoms with Gasteiger partial charge < -0.3 is 10.2 Å². The quantitative estimate of drug-likeness (QED) is 0.159. The third kappa shape index (κ3) is 8.56. The standard InChI is InChI=1S/C36H37N5O2/c1-27(42)29-11-12-31-23-35(16-13-30(31)22-29)40(2)26-36(43)21-28-9-14-32(15-10-28)39-19-20-41(24-33-7-3-5-17-37-33)25-34-8-4-6-18-38-34/h3-18,22-23,39H,19-21,24-26H2,1-2H3. The lowest BCUT2D eigenvalue weighted by molar-refractivity contribution is -0.117. The number of likely N-dealkylation sites (N-methyl/N-ethyl adjacent to an activating group) is 1. The predicted octanol–water partition coefficient (Wildman–Crippen LogP) is 6.19. The summed E-state index contributed by atoms with van der Waals surface area (Å²) < 4.78 is 0. The van der Waals surface area contributed by atoms with Crippen LogP contribution in [0.3, 0.4) is 0 Å². The zero-order valence-electron chi connectivity index (χ0n) is 24.7. The number of Topliss-reactive ketones (excluding diaryl/α,β-unsaturated/α-hetero) is 2. The summed E-state index contributed by atoms with van der Waals surface area (Å²) in [5.41, 5.74) is 5.74. The van der Waals surface area contributed by atoms with E-state index in [1.807, 2.05) is 115 Å². The maximum atomic E-state index is 12.9. The van der Waals surface area contributed by atoms with Gasteiger partial charge in [-0.2, -0.15) is 0 Å². The number of aromatic nitrogens is 2. The Labute approximate surface area is 253 Å². The van der Waals surface area contributed by atoms with Crippen LogP contribution in [0.15, 0.2) is 109 Å². The van der Waals surface area contributed by atoms with Crippen LogP contribution in [0.25, 0.3) is 10.8 Å². The minimum absolute atomic E-state index is 0.0531. The van der Waals surface area contributed by atoms with E-state index in [0.717, 1.165) is 65.3 Å². The first-order valence-electron chi connectivity index (χ1n) is 14.6. The van der Waals surface area contributed by atoms with Crippen molar-refractivity contribution < 1.29 is 9.59 Å².